The maximum absolute atomic E-state index is 12.1. The molecule has 0 bridgehead atoms. The first-order chi connectivity index (χ1) is 13.7. The fourth-order valence-corrected chi connectivity index (χ4v) is 3.75. The van der Waals surface area contributed by atoms with Gasteiger partial charge in [0.2, 0.25) is 5.91 Å². The minimum Gasteiger partial charge on any atom is -0.354 e. The Morgan fingerprint density at radius 3 is 1.82 bits per heavy atom. The Hall–Kier alpha value is -1.31. The van der Waals surface area contributed by atoms with E-state index in [2.05, 4.69) is 43.4 Å². The molecule has 0 fully saturated rings. The fourth-order valence-electron chi connectivity index (χ4n) is 3.75. The van der Waals surface area contributed by atoms with Crippen LogP contribution in [0.4, 0.5) is 0 Å². The molecule has 0 radical (unpaired) electrons. The van der Waals surface area contributed by atoms with Crippen LogP contribution in [-0.4, -0.2) is 11.9 Å². The predicted molar refractivity (Wildman–Crippen MR) is 123 cm³/mol. The topological polar surface area (TPSA) is 29.1 Å². The lowest BCUT2D eigenvalue weighted by molar-refractivity contribution is -0.121. The van der Waals surface area contributed by atoms with Crippen molar-refractivity contribution in [1.82, 2.24) is 5.32 Å². The zero-order chi connectivity index (χ0) is 20.3. The second kappa shape index (κ2) is 17.8. The molecular formula is C26H45NO. The van der Waals surface area contributed by atoms with Crippen molar-refractivity contribution in [3.63, 3.8) is 0 Å². The number of rotatable bonds is 18. The van der Waals surface area contributed by atoms with Crippen LogP contribution >= 0.6 is 0 Å². The summed E-state index contributed by atoms with van der Waals surface area (Å²) in [6, 6.07) is 10.8. The Morgan fingerprint density at radius 1 is 0.786 bits per heavy atom. The number of carbonyl (C=O) groups is 1. The maximum atomic E-state index is 12.1. The first-order valence-electron chi connectivity index (χ1n) is 12.1. The highest BCUT2D eigenvalue weighted by atomic mass is 16.1. The quantitative estimate of drug-likeness (QED) is 0.258. The summed E-state index contributed by atoms with van der Waals surface area (Å²) in [6.07, 6.45) is 20.2. The van der Waals surface area contributed by atoms with Crippen LogP contribution in [0.3, 0.4) is 0 Å². The Bertz CT molecular complexity index is 471. The van der Waals surface area contributed by atoms with Crippen molar-refractivity contribution in [2.75, 3.05) is 0 Å². The van der Waals surface area contributed by atoms with Gasteiger partial charge in [0.15, 0.2) is 0 Å². The first-order valence-corrected chi connectivity index (χ1v) is 12.1. The second-order valence-electron chi connectivity index (χ2n) is 8.49. The third-order valence-corrected chi connectivity index (χ3v) is 5.62. The van der Waals surface area contributed by atoms with Crippen molar-refractivity contribution in [3.8, 4) is 0 Å². The van der Waals surface area contributed by atoms with Crippen LogP contribution in [0.25, 0.3) is 0 Å². The summed E-state index contributed by atoms with van der Waals surface area (Å²) in [6.45, 7) is 4.39. The normalized spacial score (nSPS) is 12.1. The minimum atomic E-state index is 0.226. The molecule has 0 aliphatic rings. The van der Waals surface area contributed by atoms with E-state index in [1.165, 1.54) is 82.6 Å². The molecule has 1 atom stereocenters. The largest absolute Gasteiger partial charge is 0.354 e. The summed E-state index contributed by atoms with van der Waals surface area (Å²) in [5.41, 5.74) is 1.35. The molecule has 0 aromatic heterocycles. The summed E-state index contributed by atoms with van der Waals surface area (Å²) in [5, 5.41) is 3.15. The molecule has 0 saturated heterocycles. The van der Waals surface area contributed by atoms with Gasteiger partial charge in [-0.05, 0) is 31.7 Å². The molecule has 0 aliphatic heterocycles. The molecule has 160 valence electrons. The maximum Gasteiger partial charge on any atom is 0.220 e. The minimum absolute atomic E-state index is 0.226. The van der Waals surface area contributed by atoms with Gasteiger partial charge in [-0.3, -0.25) is 4.79 Å². The number of amides is 1. The zero-order valence-electron chi connectivity index (χ0n) is 18.7. The highest BCUT2D eigenvalue weighted by Gasteiger charge is 2.07. The van der Waals surface area contributed by atoms with Crippen LogP contribution in [0.2, 0.25) is 0 Å². The van der Waals surface area contributed by atoms with Gasteiger partial charge >= 0.3 is 0 Å². The van der Waals surface area contributed by atoms with E-state index in [0.717, 1.165) is 19.3 Å². The second-order valence-corrected chi connectivity index (χ2v) is 8.49. The summed E-state index contributed by atoms with van der Waals surface area (Å²) >= 11 is 0. The SMILES string of the molecule is CCCCCCCCCCCCCCCC(=O)N[C@H](C)CCc1ccccc1. The van der Waals surface area contributed by atoms with Crippen molar-refractivity contribution in [1.29, 1.82) is 0 Å². The standard InChI is InChI=1S/C26H45NO/c1-3-4-5-6-7-8-9-10-11-12-13-14-18-21-26(28)27-24(2)22-23-25-19-16-15-17-20-25/h15-17,19-20,24H,3-14,18,21-23H2,1-2H3,(H,27,28)/t24-/m1/s1. The number of carbonyl (C=O) groups excluding carboxylic acids is 1. The molecule has 2 heteroatoms. The van der Waals surface area contributed by atoms with Gasteiger partial charge in [-0.1, -0.05) is 114 Å². The smallest absolute Gasteiger partial charge is 0.220 e. The molecule has 1 N–H and O–H groups in total. The Labute approximate surface area is 174 Å². The van der Waals surface area contributed by atoms with Crippen molar-refractivity contribution in [2.24, 2.45) is 0 Å². The summed E-state index contributed by atoms with van der Waals surface area (Å²) in [5.74, 6) is 0.226. The van der Waals surface area contributed by atoms with E-state index in [0.29, 0.717) is 6.42 Å². The van der Waals surface area contributed by atoms with Crippen molar-refractivity contribution in [2.45, 2.75) is 123 Å². The van der Waals surface area contributed by atoms with E-state index in [4.69, 9.17) is 0 Å². The fraction of sp³-hybridized carbons (Fsp3) is 0.731. The predicted octanol–water partition coefficient (Wildman–Crippen LogP) is 7.61. The molecule has 28 heavy (non-hydrogen) atoms. The van der Waals surface area contributed by atoms with E-state index in [1.807, 2.05) is 6.07 Å². The molecule has 0 spiro atoms. The summed E-state index contributed by atoms with van der Waals surface area (Å²) in [4.78, 5) is 12.1. The van der Waals surface area contributed by atoms with Crippen LogP contribution in [0.15, 0.2) is 30.3 Å². The van der Waals surface area contributed by atoms with Crippen LogP contribution in [0, 0.1) is 0 Å². The summed E-state index contributed by atoms with van der Waals surface area (Å²) in [7, 11) is 0. The highest BCUT2D eigenvalue weighted by molar-refractivity contribution is 5.76. The third kappa shape index (κ3) is 14.7. The van der Waals surface area contributed by atoms with Gasteiger partial charge in [0.1, 0.15) is 0 Å². The molecule has 1 rings (SSSR count). The van der Waals surface area contributed by atoms with Gasteiger partial charge in [-0.25, -0.2) is 0 Å². The lowest BCUT2D eigenvalue weighted by Gasteiger charge is -2.14. The molecule has 0 heterocycles. The van der Waals surface area contributed by atoms with Crippen molar-refractivity contribution in [3.05, 3.63) is 35.9 Å². The van der Waals surface area contributed by atoms with Crippen LogP contribution in [0.5, 0.6) is 0 Å². The van der Waals surface area contributed by atoms with Gasteiger partial charge < -0.3 is 5.32 Å². The number of unbranched alkanes of at least 4 members (excludes halogenated alkanes) is 12. The van der Waals surface area contributed by atoms with E-state index in [9.17, 15) is 4.79 Å². The monoisotopic (exact) mass is 387 g/mol. The van der Waals surface area contributed by atoms with Crippen molar-refractivity contribution >= 4 is 5.91 Å². The zero-order valence-corrected chi connectivity index (χ0v) is 18.7. The van der Waals surface area contributed by atoms with E-state index in [1.54, 1.807) is 0 Å². The van der Waals surface area contributed by atoms with E-state index < -0.39 is 0 Å². The van der Waals surface area contributed by atoms with E-state index in [-0.39, 0.29) is 11.9 Å². The third-order valence-electron chi connectivity index (χ3n) is 5.62. The van der Waals surface area contributed by atoms with Crippen LogP contribution in [0.1, 0.15) is 116 Å². The molecule has 0 saturated carbocycles. The van der Waals surface area contributed by atoms with Crippen LogP contribution in [-0.2, 0) is 11.2 Å². The Morgan fingerprint density at radius 2 is 1.29 bits per heavy atom. The van der Waals surface area contributed by atoms with Gasteiger partial charge in [0, 0.05) is 12.5 Å². The lowest BCUT2D eigenvalue weighted by atomic mass is 10.0. The Balaban J connectivity index is 1.86. The lowest BCUT2D eigenvalue weighted by Crippen LogP contribution is -2.32. The number of hydrogen-bond acceptors (Lipinski definition) is 1. The summed E-state index contributed by atoms with van der Waals surface area (Å²) < 4.78 is 0. The van der Waals surface area contributed by atoms with E-state index >= 15 is 0 Å². The molecule has 1 aromatic carbocycles. The molecular weight excluding hydrogens is 342 g/mol. The average Bonchev–Trinajstić information content (AvgIpc) is 2.70. The van der Waals surface area contributed by atoms with Gasteiger partial charge in [0.25, 0.3) is 0 Å². The van der Waals surface area contributed by atoms with Crippen molar-refractivity contribution < 1.29 is 4.79 Å². The molecule has 0 aliphatic carbocycles. The average molecular weight is 388 g/mol. The van der Waals surface area contributed by atoms with Gasteiger partial charge in [-0.15, -0.1) is 0 Å². The van der Waals surface area contributed by atoms with Gasteiger partial charge in [0.05, 0.1) is 0 Å². The first kappa shape index (κ1) is 24.7. The Kier molecular flexibility index (Phi) is 15.7. The molecule has 1 amide bonds. The van der Waals surface area contributed by atoms with Crippen LogP contribution < -0.4 is 5.32 Å². The molecule has 2 nitrogen and oxygen atoms in total. The molecule has 0 unspecified atom stereocenters. The number of hydrogen-bond donors (Lipinski definition) is 1. The molecule has 1 aromatic rings. The number of benzene rings is 1. The van der Waals surface area contributed by atoms with Gasteiger partial charge in [-0.2, -0.15) is 0 Å². The number of nitrogens with one attached hydrogen (secondary N) is 1. The highest BCUT2D eigenvalue weighted by Crippen LogP contribution is 2.13. The number of aryl methyl sites for hydroxylation is 1.